The molecule has 0 fully saturated rings. The van der Waals surface area contributed by atoms with Crippen LogP contribution in [0.25, 0.3) is 5.69 Å². The Morgan fingerprint density at radius 2 is 1.79 bits per heavy atom. The molecule has 0 aliphatic heterocycles. The highest BCUT2D eigenvalue weighted by Crippen LogP contribution is 2.23. The Morgan fingerprint density at radius 3 is 2.52 bits per heavy atom. The Labute approximate surface area is 188 Å². The van der Waals surface area contributed by atoms with Crippen LogP contribution in [0.15, 0.2) is 82.0 Å². The van der Waals surface area contributed by atoms with Crippen molar-refractivity contribution in [3.63, 3.8) is 0 Å². The number of hydrogen-bond acceptors (Lipinski definition) is 6. The van der Waals surface area contributed by atoms with Crippen molar-refractivity contribution in [1.82, 2.24) is 14.7 Å². The third kappa shape index (κ3) is 5.83. The fourth-order valence-electron chi connectivity index (χ4n) is 3.09. The van der Waals surface area contributed by atoms with Gasteiger partial charge in [0.05, 0.1) is 5.69 Å². The van der Waals surface area contributed by atoms with E-state index in [1.54, 1.807) is 24.3 Å². The van der Waals surface area contributed by atoms with Crippen LogP contribution in [-0.2, 0) is 6.54 Å². The van der Waals surface area contributed by atoms with Crippen LogP contribution in [0, 0.1) is 11.6 Å². The molecule has 0 saturated carbocycles. The normalized spacial score (nSPS) is 11.0. The molecule has 0 amide bonds. The number of nitrogens with zero attached hydrogens (tertiary/aromatic N) is 3. The van der Waals surface area contributed by atoms with Crippen LogP contribution in [0.3, 0.4) is 0 Å². The summed E-state index contributed by atoms with van der Waals surface area (Å²) in [7, 11) is 2.02. The summed E-state index contributed by atoms with van der Waals surface area (Å²) in [6, 6.07) is 19.6. The van der Waals surface area contributed by atoms with Gasteiger partial charge in [-0.25, -0.2) is 13.6 Å². The highest BCUT2D eigenvalue weighted by Gasteiger charge is 2.14. The van der Waals surface area contributed by atoms with Gasteiger partial charge in [-0.3, -0.25) is 4.90 Å². The van der Waals surface area contributed by atoms with Crippen LogP contribution >= 0.6 is 0 Å². The average Bonchev–Trinajstić information content (AvgIpc) is 3.17. The van der Waals surface area contributed by atoms with E-state index in [0.717, 1.165) is 29.9 Å². The molecule has 7 nitrogen and oxygen atoms in total. The van der Waals surface area contributed by atoms with Gasteiger partial charge in [0.25, 0.3) is 0 Å². The Kier molecular flexibility index (Phi) is 6.80. The summed E-state index contributed by atoms with van der Waals surface area (Å²) in [5, 5.41) is 3.90. The second kappa shape index (κ2) is 10.1. The highest BCUT2D eigenvalue weighted by atomic mass is 19.1. The summed E-state index contributed by atoms with van der Waals surface area (Å²) >= 11 is 0. The number of rotatable bonds is 9. The Balaban J connectivity index is 1.34. The molecular weight excluding hydrogens is 432 g/mol. The van der Waals surface area contributed by atoms with Crippen LogP contribution in [0.4, 0.5) is 8.78 Å². The van der Waals surface area contributed by atoms with Gasteiger partial charge in [-0.05, 0) is 49.0 Å². The average molecular weight is 453 g/mol. The molecule has 3 aromatic carbocycles. The third-order valence-electron chi connectivity index (χ3n) is 4.74. The molecule has 0 atom stereocenters. The predicted octanol–water partition coefficient (Wildman–Crippen LogP) is 4.41. The fraction of sp³-hybridized carbons (Fsp3) is 0.167. The zero-order chi connectivity index (χ0) is 23.2. The standard InChI is InChI=1S/C24H21F2N3O4/c1-28(16-17-5-3-2-4-6-17)13-14-31-20-10-8-19(9-11-20)29-24(30)33-23(27-29)32-22-12-7-18(25)15-21(22)26/h2-12,15H,13-14,16H2,1H3. The largest absolute Gasteiger partial charge is 0.492 e. The van der Waals surface area contributed by atoms with Crippen LogP contribution < -0.4 is 15.2 Å². The molecule has 0 aliphatic carbocycles. The van der Waals surface area contributed by atoms with Gasteiger partial charge in [0, 0.05) is 19.2 Å². The molecule has 1 heterocycles. The minimum atomic E-state index is -0.942. The second-order valence-corrected chi connectivity index (χ2v) is 7.29. The number of benzene rings is 3. The minimum Gasteiger partial charge on any atom is -0.492 e. The first-order valence-electron chi connectivity index (χ1n) is 10.2. The van der Waals surface area contributed by atoms with Crippen molar-refractivity contribution in [3.8, 4) is 23.3 Å². The topological polar surface area (TPSA) is 69.7 Å². The zero-order valence-corrected chi connectivity index (χ0v) is 17.8. The maximum Gasteiger partial charge on any atom is 0.444 e. The third-order valence-corrected chi connectivity index (χ3v) is 4.74. The lowest BCUT2D eigenvalue weighted by molar-refractivity contribution is 0.233. The SMILES string of the molecule is CN(CCOc1ccc(-n2nc(Oc3ccc(F)cc3F)oc2=O)cc1)Cc1ccccc1. The molecule has 9 heteroatoms. The molecule has 4 rings (SSSR count). The number of hydrogen-bond donors (Lipinski definition) is 0. The van der Waals surface area contributed by atoms with E-state index in [9.17, 15) is 13.6 Å². The summed E-state index contributed by atoms with van der Waals surface area (Å²) in [4.78, 5) is 14.3. The molecule has 0 aliphatic rings. The van der Waals surface area contributed by atoms with Gasteiger partial charge in [-0.2, -0.15) is 4.68 Å². The molecular formula is C24H21F2N3O4. The summed E-state index contributed by atoms with van der Waals surface area (Å²) in [5.74, 6) is -2.19. The lowest BCUT2D eigenvalue weighted by Gasteiger charge is -2.17. The molecule has 0 unspecified atom stereocenters. The molecule has 0 saturated heterocycles. The molecule has 170 valence electrons. The van der Waals surface area contributed by atoms with Crippen molar-refractivity contribution in [2.75, 3.05) is 20.2 Å². The first-order chi connectivity index (χ1) is 16.0. The molecule has 0 radical (unpaired) electrons. The molecule has 0 N–H and O–H groups in total. The van der Waals surface area contributed by atoms with E-state index in [-0.39, 0.29) is 5.75 Å². The monoisotopic (exact) mass is 453 g/mol. The maximum absolute atomic E-state index is 13.7. The van der Waals surface area contributed by atoms with Crippen molar-refractivity contribution in [3.05, 3.63) is 101 Å². The van der Waals surface area contributed by atoms with Crippen molar-refractivity contribution >= 4 is 0 Å². The predicted molar refractivity (Wildman–Crippen MR) is 117 cm³/mol. The number of aromatic nitrogens is 2. The van der Waals surface area contributed by atoms with Gasteiger partial charge < -0.3 is 13.9 Å². The van der Waals surface area contributed by atoms with Crippen LogP contribution in [0.2, 0.25) is 0 Å². The van der Waals surface area contributed by atoms with Crippen molar-refractivity contribution in [1.29, 1.82) is 0 Å². The van der Waals surface area contributed by atoms with E-state index in [0.29, 0.717) is 24.1 Å². The van der Waals surface area contributed by atoms with Gasteiger partial charge in [0.2, 0.25) is 0 Å². The van der Waals surface area contributed by atoms with Crippen LogP contribution in [0.5, 0.6) is 17.6 Å². The Morgan fingerprint density at radius 1 is 1.03 bits per heavy atom. The number of ether oxygens (including phenoxy) is 2. The first kappa shape index (κ1) is 22.2. The van der Waals surface area contributed by atoms with E-state index in [4.69, 9.17) is 13.9 Å². The van der Waals surface area contributed by atoms with Crippen molar-refractivity contribution in [2.45, 2.75) is 6.54 Å². The fourth-order valence-corrected chi connectivity index (χ4v) is 3.09. The highest BCUT2D eigenvalue weighted by molar-refractivity contribution is 5.36. The van der Waals surface area contributed by atoms with Gasteiger partial charge in [-0.1, -0.05) is 35.4 Å². The van der Waals surface area contributed by atoms with Crippen LogP contribution in [-0.4, -0.2) is 34.9 Å². The Hall–Kier alpha value is -3.98. The van der Waals surface area contributed by atoms with Crippen molar-refractivity contribution < 1.29 is 22.7 Å². The maximum atomic E-state index is 13.7. The quantitative estimate of drug-likeness (QED) is 0.374. The number of likely N-dealkylation sites (N-methyl/N-ethyl adjacent to an activating group) is 1. The van der Waals surface area contributed by atoms with E-state index >= 15 is 0 Å². The Bertz CT molecular complexity index is 1260. The summed E-state index contributed by atoms with van der Waals surface area (Å²) < 4.78 is 43.5. The van der Waals surface area contributed by atoms with Gasteiger partial charge in [0.1, 0.15) is 18.2 Å². The summed E-state index contributed by atoms with van der Waals surface area (Å²) in [6.07, 6.45) is -0.465. The van der Waals surface area contributed by atoms with Crippen LogP contribution in [0.1, 0.15) is 5.56 Å². The summed E-state index contributed by atoms with van der Waals surface area (Å²) in [6.45, 7) is 2.05. The molecule has 1 aromatic heterocycles. The lowest BCUT2D eigenvalue weighted by atomic mass is 10.2. The zero-order valence-electron chi connectivity index (χ0n) is 17.8. The summed E-state index contributed by atoms with van der Waals surface area (Å²) in [5.41, 5.74) is 1.64. The molecule has 0 spiro atoms. The minimum absolute atomic E-state index is 0.314. The van der Waals surface area contributed by atoms with Crippen molar-refractivity contribution in [2.24, 2.45) is 0 Å². The van der Waals surface area contributed by atoms with Gasteiger partial charge in [-0.15, -0.1) is 0 Å². The number of halogens is 2. The molecule has 0 bridgehead atoms. The smallest absolute Gasteiger partial charge is 0.444 e. The van der Waals surface area contributed by atoms with Gasteiger partial charge >= 0.3 is 11.8 Å². The van der Waals surface area contributed by atoms with E-state index < -0.39 is 23.5 Å². The molecule has 4 aromatic rings. The van der Waals surface area contributed by atoms with E-state index in [1.807, 2.05) is 25.2 Å². The second-order valence-electron chi connectivity index (χ2n) is 7.29. The lowest BCUT2D eigenvalue weighted by Crippen LogP contribution is -2.23. The molecule has 33 heavy (non-hydrogen) atoms. The van der Waals surface area contributed by atoms with E-state index in [1.165, 1.54) is 5.56 Å². The van der Waals surface area contributed by atoms with E-state index in [2.05, 4.69) is 22.1 Å². The van der Waals surface area contributed by atoms with Gasteiger partial charge in [0.15, 0.2) is 11.6 Å². The first-order valence-corrected chi connectivity index (χ1v) is 10.2.